The van der Waals surface area contributed by atoms with E-state index < -0.39 is 15.6 Å². The van der Waals surface area contributed by atoms with Crippen molar-refractivity contribution < 1.29 is 13.2 Å². The number of nitrogens with one attached hydrogen (secondary N) is 2. The van der Waals surface area contributed by atoms with Crippen molar-refractivity contribution in [3.05, 3.63) is 45.6 Å². The second-order valence-corrected chi connectivity index (χ2v) is 9.74. The van der Waals surface area contributed by atoms with E-state index in [4.69, 9.17) is 0 Å². The fraction of sp³-hybridized carbons (Fsp3) is 0.353. The zero-order valence-corrected chi connectivity index (χ0v) is 16.1. The summed E-state index contributed by atoms with van der Waals surface area (Å²) in [5.74, 6) is -0.310. The van der Waals surface area contributed by atoms with Gasteiger partial charge in [0.25, 0.3) is 5.91 Å². The summed E-state index contributed by atoms with van der Waals surface area (Å²) in [5, 5.41) is 2.72. The van der Waals surface area contributed by atoms with E-state index in [9.17, 15) is 13.2 Å². The van der Waals surface area contributed by atoms with Crippen LogP contribution in [0.25, 0.3) is 0 Å². The highest BCUT2D eigenvalue weighted by atomic mass is 32.2. The summed E-state index contributed by atoms with van der Waals surface area (Å²) < 4.78 is 27.8. The lowest BCUT2D eigenvalue weighted by molar-refractivity contribution is 0.102. The molecule has 0 bridgehead atoms. The van der Waals surface area contributed by atoms with Gasteiger partial charge in [0.05, 0.1) is 11.3 Å². The molecule has 2 rings (SSSR count). The molecule has 0 aliphatic rings. The number of amides is 1. The molecule has 0 atom stereocenters. The molecule has 0 fully saturated rings. The van der Waals surface area contributed by atoms with Crippen LogP contribution in [0.15, 0.2) is 35.2 Å². The van der Waals surface area contributed by atoms with E-state index in [1.54, 1.807) is 45.0 Å². The molecule has 1 heterocycles. The Morgan fingerprint density at radius 2 is 1.75 bits per heavy atom. The number of hydrogen-bond acceptors (Lipinski definition) is 4. The molecule has 2 N–H and O–H groups in total. The maximum atomic E-state index is 12.6. The Morgan fingerprint density at radius 3 is 2.29 bits per heavy atom. The van der Waals surface area contributed by atoms with Crippen LogP contribution in [0.4, 0.5) is 5.69 Å². The van der Waals surface area contributed by atoms with Gasteiger partial charge in [0.15, 0.2) is 0 Å². The van der Waals surface area contributed by atoms with Gasteiger partial charge in [-0.15, -0.1) is 11.3 Å². The van der Waals surface area contributed by atoms with E-state index in [0.29, 0.717) is 5.56 Å². The van der Waals surface area contributed by atoms with Gasteiger partial charge >= 0.3 is 0 Å². The van der Waals surface area contributed by atoms with Crippen molar-refractivity contribution in [2.45, 2.75) is 45.1 Å². The van der Waals surface area contributed by atoms with Gasteiger partial charge in [-0.05, 0) is 52.8 Å². The van der Waals surface area contributed by atoms with Crippen LogP contribution in [0.1, 0.15) is 40.9 Å². The van der Waals surface area contributed by atoms with Crippen molar-refractivity contribution in [1.29, 1.82) is 0 Å². The van der Waals surface area contributed by atoms with Crippen molar-refractivity contribution >= 4 is 33.0 Å². The SMILES string of the molecule is Cc1cc(C(=O)Nc2ccccc2S(=O)(=O)NC(C)(C)C)c(C)s1. The molecular weight excluding hydrogens is 344 g/mol. The molecule has 5 nitrogen and oxygen atoms in total. The van der Waals surface area contributed by atoms with Crippen molar-refractivity contribution in [3.63, 3.8) is 0 Å². The topological polar surface area (TPSA) is 75.3 Å². The van der Waals surface area contributed by atoms with Gasteiger partial charge in [-0.1, -0.05) is 12.1 Å². The molecule has 0 aliphatic carbocycles. The second-order valence-electron chi connectivity index (χ2n) is 6.63. The molecule has 0 aliphatic heterocycles. The summed E-state index contributed by atoms with van der Waals surface area (Å²) in [5.41, 5.74) is 0.216. The van der Waals surface area contributed by atoms with Gasteiger partial charge in [-0.2, -0.15) is 0 Å². The van der Waals surface area contributed by atoms with E-state index in [1.165, 1.54) is 17.4 Å². The van der Waals surface area contributed by atoms with Crippen LogP contribution >= 0.6 is 11.3 Å². The molecule has 0 unspecified atom stereocenters. The van der Waals surface area contributed by atoms with Crippen molar-refractivity contribution in [2.24, 2.45) is 0 Å². The van der Waals surface area contributed by atoms with Crippen molar-refractivity contribution in [3.8, 4) is 0 Å². The summed E-state index contributed by atoms with van der Waals surface area (Å²) in [6, 6.07) is 8.20. The lowest BCUT2D eigenvalue weighted by atomic mass is 10.1. The highest BCUT2D eigenvalue weighted by molar-refractivity contribution is 7.89. The van der Waals surface area contributed by atoms with Gasteiger partial charge in [0.1, 0.15) is 4.90 Å². The van der Waals surface area contributed by atoms with Crippen LogP contribution in [-0.4, -0.2) is 19.9 Å². The maximum absolute atomic E-state index is 12.6. The third-order valence-corrected chi connectivity index (χ3v) is 5.93. The van der Waals surface area contributed by atoms with Gasteiger partial charge in [-0.25, -0.2) is 13.1 Å². The van der Waals surface area contributed by atoms with Gasteiger partial charge < -0.3 is 5.32 Å². The first-order valence-electron chi connectivity index (χ1n) is 7.51. The Balaban J connectivity index is 2.36. The van der Waals surface area contributed by atoms with E-state index in [-0.39, 0.29) is 16.5 Å². The Morgan fingerprint density at radius 1 is 1.12 bits per heavy atom. The Hall–Kier alpha value is -1.70. The predicted molar refractivity (Wildman–Crippen MR) is 98.3 cm³/mol. The number of rotatable bonds is 4. The lowest BCUT2D eigenvalue weighted by Crippen LogP contribution is -2.40. The lowest BCUT2D eigenvalue weighted by Gasteiger charge is -2.21. The fourth-order valence-corrected chi connectivity index (χ4v) is 4.81. The minimum atomic E-state index is -3.74. The highest BCUT2D eigenvalue weighted by Gasteiger charge is 2.25. The molecule has 7 heteroatoms. The second kappa shape index (κ2) is 6.66. The molecule has 1 aromatic heterocycles. The minimum Gasteiger partial charge on any atom is -0.321 e. The van der Waals surface area contributed by atoms with Crippen LogP contribution in [0.2, 0.25) is 0 Å². The summed E-state index contributed by atoms with van der Waals surface area (Å²) >= 11 is 1.53. The summed E-state index contributed by atoms with van der Waals surface area (Å²) in [6.07, 6.45) is 0. The Kier molecular flexibility index (Phi) is 5.17. The largest absolute Gasteiger partial charge is 0.321 e. The number of carbonyl (C=O) groups is 1. The number of para-hydroxylation sites is 1. The Bertz CT molecular complexity index is 862. The highest BCUT2D eigenvalue weighted by Crippen LogP contribution is 2.25. The molecule has 1 aromatic carbocycles. The van der Waals surface area contributed by atoms with Crippen LogP contribution in [0, 0.1) is 13.8 Å². The molecular formula is C17H22N2O3S2. The zero-order valence-electron chi connectivity index (χ0n) is 14.4. The summed E-state index contributed by atoms with van der Waals surface area (Å²) in [6.45, 7) is 9.10. The van der Waals surface area contributed by atoms with Crippen LogP contribution < -0.4 is 10.0 Å². The first kappa shape index (κ1) is 18.6. The third-order valence-electron chi connectivity index (χ3n) is 3.15. The minimum absolute atomic E-state index is 0.0536. The van der Waals surface area contributed by atoms with Crippen molar-refractivity contribution in [2.75, 3.05) is 5.32 Å². The number of benzene rings is 1. The molecule has 0 radical (unpaired) electrons. The van der Waals surface area contributed by atoms with Gasteiger partial charge in [0, 0.05) is 15.3 Å². The Labute approximate surface area is 147 Å². The maximum Gasteiger partial charge on any atom is 0.256 e. The molecule has 0 saturated carbocycles. The van der Waals surface area contributed by atoms with Crippen LogP contribution in [0.5, 0.6) is 0 Å². The van der Waals surface area contributed by atoms with E-state index in [2.05, 4.69) is 10.0 Å². The van der Waals surface area contributed by atoms with Crippen LogP contribution in [-0.2, 0) is 10.0 Å². The normalized spacial score (nSPS) is 12.2. The molecule has 130 valence electrons. The average molecular weight is 367 g/mol. The molecule has 0 saturated heterocycles. The average Bonchev–Trinajstić information content (AvgIpc) is 2.75. The first-order chi connectivity index (χ1) is 11.0. The van der Waals surface area contributed by atoms with Gasteiger partial charge in [-0.3, -0.25) is 4.79 Å². The number of thiophene rings is 1. The van der Waals surface area contributed by atoms with E-state index in [1.807, 2.05) is 13.8 Å². The molecule has 24 heavy (non-hydrogen) atoms. The summed E-state index contributed by atoms with van der Waals surface area (Å²) in [7, 11) is -3.74. The predicted octanol–water partition coefficient (Wildman–Crippen LogP) is 3.69. The monoisotopic (exact) mass is 366 g/mol. The summed E-state index contributed by atoms with van der Waals surface area (Å²) in [4.78, 5) is 14.5. The smallest absolute Gasteiger partial charge is 0.256 e. The zero-order chi connectivity index (χ0) is 18.1. The number of anilines is 1. The molecule has 1 amide bonds. The number of aryl methyl sites for hydroxylation is 2. The first-order valence-corrected chi connectivity index (χ1v) is 9.81. The molecule has 2 aromatic rings. The third kappa shape index (κ3) is 4.43. The number of hydrogen-bond donors (Lipinski definition) is 2. The van der Waals surface area contributed by atoms with E-state index in [0.717, 1.165) is 9.75 Å². The standard InChI is InChI=1S/C17H22N2O3S2/c1-11-10-13(12(2)23-11)16(20)18-14-8-6-7-9-15(14)24(21,22)19-17(3,4)5/h6-10,19H,1-5H3,(H,18,20). The van der Waals surface area contributed by atoms with Crippen LogP contribution in [0.3, 0.4) is 0 Å². The fourth-order valence-electron chi connectivity index (χ4n) is 2.31. The van der Waals surface area contributed by atoms with Crippen molar-refractivity contribution in [1.82, 2.24) is 4.72 Å². The van der Waals surface area contributed by atoms with E-state index >= 15 is 0 Å². The van der Waals surface area contributed by atoms with Gasteiger partial charge in [0.2, 0.25) is 10.0 Å². The number of sulfonamides is 1. The quantitative estimate of drug-likeness (QED) is 0.866. The molecule has 0 spiro atoms. The number of carbonyl (C=O) groups excluding carboxylic acids is 1.